The van der Waals surface area contributed by atoms with Crippen LogP contribution in [0.5, 0.6) is 0 Å². The van der Waals surface area contributed by atoms with Crippen molar-refractivity contribution in [2.45, 2.75) is 12.8 Å². The van der Waals surface area contributed by atoms with Gasteiger partial charge in [-0.25, -0.2) is 13.7 Å². The van der Waals surface area contributed by atoms with E-state index in [0.29, 0.717) is 11.0 Å². The molecule has 0 aliphatic carbocycles. The van der Waals surface area contributed by atoms with Gasteiger partial charge in [-0.15, -0.1) is 0 Å². The topological polar surface area (TPSA) is 63.4 Å². The molecule has 1 aromatic rings. The summed E-state index contributed by atoms with van der Waals surface area (Å²) in [5.74, 6) is -2.90. The molecule has 0 unspecified atom stereocenters. The molecule has 1 saturated heterocycles. The molecule has 0 atom stereocenters. The maximum absolute atomic E-state index is 13.4. The van der Waals surface area contributed by atoms with Gasteiger partial charge in [0.25, 0.3) is 0 Å². The minimum atomic E-state index is -0.977. The molecule has 1 aromatic carbocycles. The Morgan fingerprint density at radius 1 is 1.06 bits per heavy atom. The number of nitrogens with two attached hydrogens (primary N) is 1. The van der Waals surface area contributed by atoms with Gasteiger partial charge in [-0.1, -0.05) is 0 Å². The number of carbonyl (C=O) groups is 2. The Bertz CT molecular complexity index is 472. The van der Waals surface area contributed by atoms with Gasteiger partial charge in [-0.3, -0.25) is 9.59 Å². The SMILES string of the molecule is Nc1cc(N2C(=O)CCC2=O)c(F)cc1F. The summed E-state index contributed by atoms with van der Waals surface area (Å²) in [6.45, 7) is 0. The fourth-order valence-electron chi connectivity index (χ4n) is 1.57. The minimum Gasteiger partial charge on any atom is -0.396 e. The van der Waals surface area contributed by atoms with Crippen LogP contribution in [0.25, 0.3) is 0 Å². The molecule has 6 heteroatoms. The van der Waals surface area contributed by atoms with Crippen molar-refractivity contribution in [3.05, 3.63) is 23.8 Å². The quantitative estimate of drug-likeness (QED) is 0.578. The standard InChI is InChI=1S/C10H8F2N2O2/c11-5-3-6(12)8(4-7(5)13)14-9(15)1-2-10(14)16/h3-4H,1-2,13H2. The summed E-state index contributed by atoms with van der Waals surface area (Å²) >= 11 is 0. The number of nitrogens with zero attached hydrogens (tertiary/aromatic N) is 1. The van der Waals surface area contributed by atoms with Gasteiger partial charge in [0.15, 0.2) is 0 Å². The van der Waals surface area contributed by atoms with Gasteiger partial charge in [0, 0.05) is 18.9 Å². The summed E-state index contributed by atoms with van der Waals surface area (Å²) < 4.78 is 26.3. The lowest BCUT2D eigenvalue weighted by Gasteiger charge is -2.15. The third-order valence-corrected chi connectivity index (χ3v) is 2.36. The summed E-state index contributed by atoms with van der Waals surface area (Å²) in [5, 5.41) is 0. The Labute approximate surface area is 89.6 Å². The molecule has 84 valence electrons. The van der Waals surface area contributed by atoms with E-state index >= 15 is 0 Å². The highest BCUT2D eigenvalue weighted by molar-refractivity contribution is 6.20. The fourth-order valence-corrected chi connectivity index (χ4v) is 1.57. The van der Waals surface area contributed by atoms with Gasteiger partial charge in [-0.05, 0) is 6.07 Å². The van der Waals surface area contributed by atoms with Crippen LogP contribution in [0.4, 0.5) is 20.2 Å². The first-order valence-electron chi connectivity index (χ1n) is 4.61. The predicted octanol–water partition coefficient (Wildman–Crippen LogP) is 1.20. The molecule has 0 bridgehead atoms. The molecule has 2 N–H and O–H groups in total. The van der Waals surface area contributed by atoms with Crippen LogP contribution in [-0.2, 0) is 9.59 Å². The van der Waals surface area contributed by atoms with Crippen molar-refractivity contribution in [3.63, 3.8) is 0 Å². The first-order chi connectivity index (χ1) is 7.50. The van der Waals surface area contributed by atoms with Crippen molar-refractivity contribution < 1.29 is 18.4 Å². The third-order valence-electron chi connectivity index (χ3n) is 2.36. The first kappa shape index (κ1) is 10.5. The van der Waals surface area contributed by atoms with Gasteiger partial charge in [0.2, 0.25) is 11.8 Å². The molecule has 1 heterocycles. The summed E-state index contributed by atoms with van der Waals surface area (Å²) in [6.07, 6.45) is 0.0745. The number of hydrogen-bond donors (Lipinski definition) is 1. The van der Waals surface area contributed by atoms with Crippen LogP contribution in [0.2, 0.25) is 0 Å². The van der Waals surface area contributed by atoms with Crippen LogP contribution in [0, 0.1) is 11.6 Å². The van der Waals surface area contributed by atoms with Crippen molar-refractivity contribution in [1.82, 2.24) is 0 Å². The van der Waals surface area contributed by atoms with E-state index < -0.39 is 23.4 Å². The van der Waals surface area contributed by atoms with Gasteiger partial charge >= 0.3 is 0 Å². The minimum absolute atomic E-state index is 0.0373. The first-order valence-corrected chi connectivity index (χ1v) is 4.61. The Kier molecular flexibility index (Phi) is 2.34. The van der Waals surface area contributed by atoms with E-state index in [0.717, 1.165) is 6.07 Å². The highest BCUT2D eigenvalue weighted by atomic mass is 19.1. The number of nitrogen functional groups attached to an aromatic ring is 1. The van der Waals surface area contributed by atoms with Crippen molar-refractivity contribution in [3.8, 4) is 0 Å². The Morgan fingerprint density at radius 3 is 2.19 bits per heavy atom. The van der Waals surface area contributed by atoms with E-state index in [2.05, 4.69) is 0 Å². The fraction of sp³-hybridized carbons (Fsp3) is 0.200. The summed E-state index contributed by atoms with van der Waals surface area (Å²) in [6, 6.07) is 1.51. The average molecular weight is 226 g/mol. The molecule has 1 fully saturated rings. The van der Waals surface area contributed by atoms with Gasteiger partial charge in [-0.2, -0.15) is 0 Å². The molecule has 0 radical (unpaired) electrons. The second-order valence-corrected chi connectivity index (χ2v) is 3.45. The number of hydrogen-bond acceptors (Lipinski definition) is 3. The maximum Gasteiger partial charge on any atom is 0.234 e. The number of halogens is 2. The molecule has 1 aliphatic heterocycles. The third kappa shape index (κ3) is 1.52. The van der Waals surface area contributed by atoms with Crippen molar-refractivity contribution in [1.29, 1.82) is 0 Å². The van der Waals surface area contributed by atoms with E-state index in [1.54, 1.807) is 0 Å². The number of anilines is 2. The molecule has 4 nitrogen and oxygen atoms in total. The summed E-state index contributed by atoms with van der Waals surface area (Å²) in [7, 11) is 0. The van der Waals surface area contributed by atoms with Crippen LogP contribution >= 0.6 is 0 Å². The zero-order chi connectivity index (χ0) is 11.9. The lowest BCUT2D eigenvalue weighted by molar-refractivity contribution is -0.121. The molecular formula is C10H8F2N2O2. The average Bonchev–Trinajstić information content (AvgIpc) is 2.53. The summed E-state index contributed by atoms with van der Waals surface area (Å²) in [5.41, 5.74) is 4.67. The van der Waals surface area contributed by atoms with Crippen molar-refractivity contribution in [2.75, 3.05) is 10.6 Å². The largest absolute Gasteiger partial charge is 0.396 e. The zero-order valence-electron chi connectivity index (χ0n) is 8.17. The van der Waals surface area contributed by atoms with Crippen molar-refractivity contribution >= 4 is 23.2 Å². The second kappa shape index (κ2) is 3.55. The van der Waals surface area contributed by atoms with Crippen LogP contribution < -0.4 is 10.6 Å². The molecule has 2 rings (SSSR count). The number of benzene rings is 1. The Hall–Kier alpha value is -1.98. The predicted molar refractivity (Wildman–Crippen MR) is 52.5 cm³/mol. The molecule has 0 aromatic heterocycles. The number of amides is 2. The van der Waals surface area contributed by atoms with Crippen LogP contribution in [0.1, 0.15) is 12.8 Å². The van der Waals surface area contributed by atoms with Crippen molar-refractivity contribution in [2.24, 2.45) is 0 Å². The van der Waals surface area contributed by atoms with E-state index in [1.807, 2.05) is 0 Å². The molecule has 0 saturated carbocycles. The Morgan fingerprint density at radius 2 is 1.62 bits per heavy atom. The Balaban J connectivity index is 2.51. The number of imide groups is 1. The lowest BCUT2D eigenvalue weighted by Crippen LogP contribution is -2.29. The normalized spacial score (nSPS) is 16.0. The highest BCUT2D eigenvalue weighted by Crippen LogP contribution is 2.28. The monoisotopic (exact) mass is 226 g/mol. The molecule has 16 heavy (non-hydrogen) atoms. The molecular weight excluding hydrogens is 218 g/mol. The number of rotatable bonds is 1. The van der Waals surface area contributed by atoms with Gasteiger partial charge in [0.05, 0.1) is 11.4 Å². The smallest absolute Gasteiger partial charge is 0.234 e. The summed E-state index contributed by atoms with van der Waals surface area (Å²) in [4.78, 5) is 23.4. The van der Waals surface area contributed by atoms with E-state index in [9.17, 15) is 18.4 Å². The van der Waals surface area contributed by atoms with E-state index in [1.165, 1.54) is 0 Å². The van der Waals surface area contributed by atoms with Gasteiger partial charge < -0.3 is 5.73 Å². The molecule has 0 spiro atoms. The number of carbonyl (C=O) groups excluding carboxylic acids is 2. The highest BCUT2D eigenvalue weighted by Gasteiger charge is 2.32. The van der Waals surface area contributed by atoms with Crippen LogP contribution in [-0.4, -0.2) is 11.8 Å². The lowest BCUT2D eigenvalue weighted by atomic mass is 10.2. The van der Waals surface area contributed by atoms with E-state index in [4.69, 9.17) is 5.73 Å². The molecule has 1 aliphatic rings. The van der Waals surface area contributed by atoms with Crippen LogP contribution in [0.3, 0.4) is 0 Å². The zero-order valence-corrected chi connectivity index (χ0v) is 8.17. The molecule has 2 amide bonds. The second-order valence-electron chi connectivity index (χ2n) is 3.45. The maximum atomic E-state index is 13.4. The van der Waals surface area contributed by atoms with Crippen LogP contribution in [0.15, 0.2) is 12.1 Å². The van der Waals surface area contributed by atoms with Gasteiger partial charge in [0.1, 0.15) is 11.6 Å². The van der Waals surface area contributed by atoms with E-state index in [-0.39, 0.29) is 24.2 Å².